The van der Waals surface area contributed by atoms with Crippen molar-refractivity contribution in [1.82, 2.24) is 5.32 Å². The number of nitrogens with one attached hydrogen (secondary N) is 1. The van der Waals surface area contributed by atoms with Crippen LogP contribution in [-0.4, -0.2) is 23.8 Å². The standard InChI is InChI=1S/C17H27NO/c1-14(2)12-18-17(13-19)10-8-16(9-11-17)15-6-4-3-5-7-15/h3-7,14,16,18-19H,8-13H2,1-2H3. The van der Waals surface area contributed by atoms with E-state index in [1.807, 2.05) is 0 Å². The Morgan fingerprint density at radius 3 is 2.37 bits per heavy atom. The third-order valence-corrected chi connectivity index (χ3v) is 4.40. The summed E-state index contributed by atoms with van der Waals surface area (Å²) in [6, 6.07) is 10.8. The third-order valence-electron chi connectivity index (χ3n) is 4.40. The van der Waals surface area contributed by atoms with Gasteiger partial charge in [0, 0.05) is 5.54 Å². The number of benzene rings is 1. The lowest BCUT2D eigenvalue weighted by molar-refractivity contribution is 0.111. The Hall–Kier alpha value is -0.860. The summed E-state index contributed by atoms with van der Waals surface area (Å²) in [4.78, 5) is 0. The van der Waals surface area contributed by atoms with Crippen molar-refractivity contribution in [2.45, 2.75) is 51.0 Å². The van der Waals surface area contributed by atoms with Gasteiger partial charge < -0.3 is 10.4 Å². The molecule has 1 aromatic carbocycles. The van der Waals surface area contributed by atoms with Gasteiger partial charge in [-0.1, -0.05) is 44.2 Å². The van der Waals surface area contributed by atoms with Gasteiger partial charge in [-0.3, -0.25) is 0 Å². The first-order valence-corrected chi connectivity index (χ1v) is 7.56. The molecule has 0 heterocycles. The van der Waals surface area contributed by atoms with Crippen LogP contribution in [0.4, 0.5) is 0 Å². The van der Waals surface area contributed by atoms with Crippen molar-refractivity contribution in [2.75, 3.05) is 13.2 Å². The first-order valence-electron chi connectivity index (χ1n) is 7.56. The Morgan fingerprint density at radius 1 is 1.21 bits per heavy atom. The van der Waals surface area contributed by atoms with Crippen LogP contribution in [-0.2, 0) is 0 Å². The fourth-order valence-electron chi connectivity index (χ4n) is 3.04. The number of aliphatic hydroxyl groups excluding tert-OH is 1. The van der Waals surface area contributed by atoms with Gasteiger partial charge in [0.05, 0.1) is 6.61 Å². The largest absolute Gasteiger partial charge is 0.394 e. The molecule has 1 aliphatic rings. The molecular formula is C17H27NO. The molecule has 0 aliphatic heterocycles. The van der Waals surface area contributed by atoms with E-state index in [0.29, 0.717) is 11.8 Å². The fraction of sp³-hybridized carbons (Fsp3) is 0.647. The highest BCUT2D eigenvalue weighted by molar-refractivity contribution is 5.20. The summed E-state index contributed by atoms with van der Waals surface area (Å²) in [5, 5.41) is 13.4. The molecule has 1 fully saturated rings. The van der Waals surface area contributed by atoms with Crippen LogP contribution < -0.4 is 5.32 Å². The summed E-state index contributed by atoms with van der Waals surface area (Å²) in [6.07, 6.45) is 4.51. The SMILES string of the molecule is CC(C)CNC1(CO)CCC(c2ccccc2)CC1. The minimum atomic E-state index is -0.0322. The summed E-state index contributed by atoms with van der Waals surface area (Å²) in [7, 11) is 0. The van der Waals surface area contributed by atoms with Crippen LogP contribution in [0.5, 0.6) is 0 Å². The summed E-state index contributed by atoms with van der Waals surface area (Å²) in [5.41, 5.74) is 1.42. The molecule has 2 heteroatoms. The van der Waals surface area contributed by atoms with Crippen LogP contribution in [0.3, 0.4) is 0 Å². The van der Waals surface area contributed by atoms with Crippen LogP contribution >= 0.6 is 0 Å². The van der Waals surface area contributed by atoms with Gasteiger partial charge in [0.1, 0.15) is 0 Å². The molecule has 0 amide bonds. The Balaban J connectivity index is 1.93. The Kier molecular flexibility index (Phi) is 5.00. The van der Waals surface area contributed by atoms with E-state index >= 15 is 0 Å². The lowest BCUT2D eigenvalue weighted by Gasteiger charge is -2.40. The van der Waals surface area contributed by atoms with Gasteiger partial charge in [-0.2, -0.15) is 0 Å². The van der Waals surface area contributed by atoms with Gasteiger partial charge in [-0.15, -0.1) is 0 Å². The Bertz CT molecular complexity index is 366. The molecule has 0 radical (unpaired) electrons. The van der Waals surface area contributed by atoms with Crippen molar-refractivity contribution in [2.24, 2.45) is 5.92 Å². The van der Waals surface area contributed by atoms with Gasteiger partial charge in [0.25, 0.3) is 0 Å². The maximum atomic E-state index is 9.75. The van der Waals surface area contributed by atoms with Gasteiger partial charge in [0.15, 0.2) is 0 Å². The van der Waals surface area contributed by atoms with Gasteiger partial charge in [-0.05, 0) is 49.6 Å². The quantitative estimate of drug-likeness (QED) is 0.852. The van der Waals surface area contributed by atoms with Crippen molar-refractivity contribution in [1.29, 1.82) is 0 Å². The molecule has 1 saturated carbocycles. The molecule has 2 rings (SSSR count). The van der Waals surface area contributed by atoms with E-state index in [4.69, 9.17) is 0 Å². The molecule has 0 bridgehead atoms. The van der Waals surface area contributed by atoms with E-state index in [-0.39, 0.29) is 12.1 Å². The highest BCUT2D eigenvalue weighted by Crippen LogP contribution is 2.37. The van der Waals surface area contributed by atoms with Crippen LogP contribution in [0.25, 0.3) is 0 Å². The molecule has 2 N–H and O–H groups in total. The minimum absolute atomic E-state index is 0.0322. The molecule has 0 aromatic heterocycles. The van der Waals surface area contributed by atoms with Gasteiger partial charge in [-0.25, -0.2) is 0 Å². The molecule has 0 spiro atoms. The second-order valence-corrected chi connectivity index (χ2v) is 6.40. The monoisotopic (exact) mass is 261 g/mol. The number of hydrogen-bond acceptors (Lipinski definition) is 2. The van der Waals surface area contributed by atoms with Crippen LogP contribution in [0.2, 0.25) is 0 Å². The van der Waals surface area contributed by atoms with Gasteiger partial charge in [0.2, 0.25) is 0 Å². The van der Waals surface area contributed by atoms with E-state index in [9.17, 15) is 5.11 Å². The van der Waals surface area contributed by atoms with E-state index in [1.54, 1.807) is 0 Å². The van der Waals surface area contributed by atoms with Gasteiger partial charge >= 0.3 is 0 Å². The molecule has 106 valence electrons. The first-order chi connectivity index (χ1) is 9.15. The molecule has 0 saturated heterocycles. The third kappa shape index (κ3) is 3.80. The molecule has 1 aliphatic carbocycles. The zero-order valence-corrected chi connectivity index (χ0v) is 12.2. The summed E-state index contributed by atoms with van der Waals surface area (Å²) >= 11 is 0. The normalized spacial score (nSPS) is 27.7. The van der Waals surface area contributed by atoms with E-state index < -0.39 is 0 Å². The smallest absolute Gasteiger partial charge is 0.0613 e. The van der Waals surface area contributed by atoms with Crippen molar-refractivity contribution < 1.29 is 5.11 Å². The molecule has 0 atom stereocenters. The van der Waals surface area contributed by atoms with Crippen LogP contribution in [0.15, 0.2) is 30.3 Å². The zero-order valence-electron chi connectivity index (χ0n) is 12.2. The number of rotatable bonds is 5. The molecule has 19 heavy (non-hydrogen) atoms. The lowest BCUT2D eigenvalue weighted by Crippen LogP contribution is -2.51. The number of hydrogen-bond donors (Lipinski definition) is 2. The maximum absolute atomic E-state index is 9.75. The van der Waals surface area contributed by atoms with Crippen molar-refractivity contribution >= 4 is 0 Å². The van der Waals surface area contributed by atoms with E-state index in [2.05, 4.69) is 49.5 Å². The highest BCUT2D eigenvalue weighted by atomic mass is 16.3. The topological polar surface area (TPSA) is 32.3 Å². The van der Waals surface area contributed by atoms with Crippen molar-refractivity contribution in [3.63, 3.8) is 0 Å². The maximum Gasteiger partial charge on any atom is 0.0613 e. The van der Waals surface area contributed by atoms with Crippen molar-refractivity contribution in [3.8, 4) is 0 Å². The van der Waals surface area contributed by atoms with E-state index in [1.165, 1.54) is 18.4 Å². The molecule has 2 nitrogen and oxygen atoms in total. The summed E-state index contributed by atoms with van der Waals surface area (Å²) < 4.78 is 0. The van der Waals surface area contributed by atoms with Crippen LogP contribution in [0, 0.1) is 5.92 Å². The second kappa shape index (κ2) is 6.53. The van der Waals surface area contributed by atoms with Crippen LogP contribution in [0.1, 0.15) is 51.0 Å². The Labute approximate surface area is 117 Å². The fourth-order valence-corrected chi connectivity index (χ4v) is 3.04. The average molecular weight is 261 g/mol. The molecule has 1 aromatic rings. The second-order valence-electron chi connectivity index (χ2n) is 6.40. The summed E-state index contributed by atoms with van der Waals surface area (Å²) in [6.45, 7) is 5.69. The average Bonchev–Trinajstić information content (AvgIpc) is 2.47. The first kappa shape index (κ1) is 14.5. The number of aliphatic hydroxyl groups is 1. The van der Waals surface area contributed by atoms with E-state index in [0.717, 1.165) is 19.4 Å². The molecular weight excluding hydrogens is 234 g/mol. The zero-order chi connectivity index (χ0) is 13.7. The Morgan fingerprint density at radius 2 is 1.84 bits per heavy atom. The molecule has 0 unspecified atom stereocenters. The predicted octanol–water partition coefficient (Wildman–Crippen LogP) is 3.32. The predicted molar refractivity (Wildman–Crippen MR) is 80.3 cm³/mol. The lowest BCUT2D eigenvalue weighted by atomic mass is 9.74. The van der Waals surface area contributed by atoms with Crippen molar-refractivity contribution in [3.05, 3.63) is 35.9 Å². The summed E-state index contributed by atoms with van der Waals surface area (Å²) in [5.74, 6) is 1.30. The highest BCUT2D eigenvalue weighted by Gasteiger charge is 2.34. The minimum Gasteiger partial charge on any atom is -0.394 e.